The molecule has 0 radical (unpaired) electrons. The van der Waals surface area contributed by atoms with Gasteiger partial charge in [-0.15, -0.1) is 11.3 Å². The van der Waals surface area contributed by atoms with Crippen LogP contribution in [0.4, 0.5) is 5.13 Å². The number of nitrogens with one attached hydrogen (secondary N) is 1. The molecule has 1 aliphatic rings. The molecule has 0 bridgehead atoms. The second-order valence-corrected chi connectivity index (χ2v) is 5.81. The van der Waals surface area contributed by atoms with E-state index in [0.717, 1.165) is 11.6 Å². The fourth-order valence-corrected chi connectivity index (χ4v) is 3.47. The van der Waals surface area contributed by atoms with Crippen LogP contribution in [-0.4, -0.2) is 22.5 Å². The summed E-state index contributed by atoms with van der Waals surface area (Å²) in [4.78, 5) is 5.75. The minimum absolute atomic E-state index is 0.643. The minimum atomic E-state index is 0.643. The zero-order valence-corrected chi connectivity index (χ0v) is 10.1. The number of aryl methyl sites for hydroxylation is 1. The Morgan fingerprint density at radius 2 is 2.57 bits per heavy atom. The van der Waals surface area contributed by atoms with Crippen molar-refractivity contribution in [3.63, 3.8) is 0 Å². The predicted molar refractivity (Wildman–Crippen MR) is 65.5 cm³/mol. The summed E-state index contributed by atoms with van der Waals surface area (Å²) in [6.45, 7) is 2.17. The maximum absolute atomic E-state index is 4.38. The minimum Gasteiger partial charge on any atom is -0.358 e. The maximum Gasteiger partial charge on any atom is 0.183 e. The van der Waals surface area contributed by atoms with E-state index < -0.39 is 0 Å². The van der Waals surface area contributed by atoms with Crippen molar-refractivity contribution in [3.8, 4) is 0 Å². The van der Waals surface area contributed by atoms with Crippen LogP contribution < -0.4 is 5.32 Å². The molecular weight excluding hydrogens is 212 g/mol. The number of thioether (sulfide) groups is 1. The van der Waals surface area contributed by atoms with Crippen LogP contribution >= 0.6 is 23.1 Å². The average Bonchev–Trinajstić information content (AvgIpc) is 2.67. The van der Waals surface area contributed by atoms with Crippen LogP contribution in [0.2, 0.25) is 0 Å². The molecular formula is C10H16N2S2. The van der Waals surface area contributed by atoms with Gasteiger partial charge in [-0.3, -0.25) is 0 Å². The van der Waals surface area contributed by atoms with Crippen LogP contribution in [0.5, 0.6) is 0 Å². The molecule has 1 aromatic heterocycles. The first-order valence-corrected chi connectivity index (χ1v) is 7.14. The third-order valence-electron chi connectivity index (χ3n) is 2.39. The Morgan fingerprint density at radius 3 is 3.21 bits per heavy atom. The summed E-state index contributed by atoms with van der Waals surface area (Å²) in [6, 6.07) is 0.643. The van der Waals surface area contributed by atoms with Crippen LogP contribution in [-0.2, 0) is 6.42 Å². The highest BCUT2D eigenvalue weighted by Crippen LogP contribution is 2.24. The molecule has 4 heteroatoms. The van der Waals surface area contributed by atoms with Crippen molar-refractivity contribution < 1.29 is 0 Å². The number of aromatic nitrogens is 1. The molecule has 1 fully saturated rings. The van der Waals surface area contributed by atoms with Crippen molar-refractivity contribution in [2.45, 2.75) is 32.2 Å². The lowest BCUT2D eigenvalue weighted by atomic mass is 10.2. The van der Waals surface area contributed by atoms with Crippen LogP contribution in [0.3, 0.4) is 0 Å². The SMILES string of the molecule is CCc1cnc(NC2CCCSC2)s1. The van der Waals surface area contributed by atoms with Gasteiger partial charge < -0.3 is 5.32 Å². The highest BCUT2D eigenvalue weighted by atomic mass is 32.2. The van der Waals surface area contributed by atoms with E-state index in [1.807, 2.05) is 18.0 Å². The first-order valence-electron chi connectivity index (χ1n) is 5.17. The fraction of sp³-hybridized carbons (Fsp3) is 0.700. The van der Waals surface area contributed by atoms with E-state index in [1.165, 1.54) is 29.2 Å². The Bertz CT molecular complexity index is 279. The zero-order chi connectivity index (χ0) is 9.80. The molecule has 1 unspecified atom stereocenters. The van der Waals surface area contributed by atoms with E-state index in [2.05, 4.69) is 17.2 Å². The average molecular weight is 228 g/mol. The van der Waals surface area contributed by atoms with Crippen LogP contribution in [0.25, 0.3) is 0 Å². The lowest BCUT2D eigenvalue weighted by molar-refractivity contribution is 0.684. The highest BCUT2D eigenvalue weighted by molar-refractivity contribution is 7.99. The van der Waals surface area contributed by atoms with Crippen LogP contribution in [0.1, 0.15) is 24.6 Å². The van der Waals surface area contributed by atoms with Crippen molar-refractivity contribution in [3.05, 3.63) is 11.1 Å². The second kappa shape index (κ2) is 5.03. The van der Waals surface area contributed by atoms with E-state index in [1.54, 1.807) is 11.3 Å². The smallest absolute Gasteiger partial charge is 0.183 e. The van der Waals surface area contributed by atoms with Gasteiger partial charge in [0.05, 0.1) is 0 Å². The highest BCUT2D eigenvalue weighted by Gasteiger charge is 2.14. The van der Waals surface area contributed by atoms with Gasteiger partial charge in [-0.25, -0.2) is 4.98 Å². The van der Waals surface area contributed by atoms with E-state index in [0.29, 0.717) is 6.04 Å². The molecule has 0 saturated carbocycles. The van der Waals surface area contributed by atoms with Crippen molar-refractivity contribution in [2.24, 2.45) is 0 Å². The Hall–Kier alpha value is -0.220. The largest absolute Gasteiger partial charge is 0.358 e. The molecule has 1 aliphatic heterocycles. The van der Waals surface area contributed by atoms with Crippen molar-refractivity contribution >= 4 is 28.2 Å². The van der Waals surface area contributed by atoms with Gasteiger partial charge in [-0.1, -0.05) is 6.92 Å². The van der Waals surface area contributed by atoms with E-state index >= 15 is 0 Å². The summed E-state index contributed by atoms with van der Waals surface area (Å²) in [5, 5.41) is 4.63. The van der Waals surface area contributed by atoms with Gasteiger partial charge in [0.15, 0.2) is 5.13 Å². The molecule has 78 valence electrons. The molecule has 2 nitrogen and oxygen atoms in total. The Labute approximate surface area is 93.5 Å². The summed E-state index contributed by atoms with van der Waals surface area (Å²) in [5.74, 6) is 2.57. The number of hydrogen-bond donors (Lipinski definition) is 1. The van der Waals surface area contributed by atoms with E-state index in [9.17, 15) is 0 Å². The Morgan fingerprint density at radius 1 is 1.64 bits per heavy atom. The van der Waals surface area contributed by atoms with Gasteiger partial charge in [0.1, 0.15) is 0 Å². The zero-order valence-electron chi connectivity index (χ0n) is 8.45. The first-order chi connectivity index (χ1) is 6.88. The summed E-state index contributed by atoms with van der Waals surface area (Å²) >= 11 is 3.84. The number of anilines is 1. The van der Waals surface area contributed by atoms with Crippen LogP contribution in [0, 0.1) is 0 Å². The monoisotopic (exact) mass is 228 g/mol. The van der Waals surface area contributed by atoms with Gasteiger partial charge >= 0.3 is 0 Å². The summed E-state index contributed by atoms with van der Waals surface area (Å²) in [6.07, 6.45) is 5.73. The first kappa shape index (κ1) is 10.3. The molecule has 0 aliphatic carbocycles. The quantitative estimate of drug-likeness (QED) is 0.861. The molecule has 2 heterocycles. The number of thiazole rings is 1. The van der Waals surface area contributed by atoms with Crippen LogP contribution in [0.15, 0.2) is 6.20 Å². The number of hydrogen-bond acceptors (Lipinski definition) is 4. The van der Waals surface area contributed by atoms with Gasteiger partial charge in [0.2, 0.25) is 0 Å². The lowest BCUT2D eigenvalue weighted by Gasteiger charge is -2.21. The molecule has 14 heavy (non-hydrogen) atoms. The van der Waals surface area contributed by atoms with Gasteiger partial charge in [-0.05, 0) is 25.0 Å². The number of nitrogens with zero attached hydrogens (tertiary/aromatic N) is 1. The molecule has 0 aromatic carbocycles. The normalized spacial score (nSPS) is 22.2. The van der Waals surface area contributed by atoms with Gasteiger partial charge in [0, 0.05) is 22.9 Å². The Balaban J connectivity index is 1.89. The number of rotatable bonds is 3. The summed E-state index contributed by atoms with van der Waals surface area (Å²) in [7, 11) is 0. The lowest BCUT2D eigenvalue weighted by Crippen LogP contribution is -2.25. The molecule has 1 atom stereocenters. The Kier molecular flexibility index (Phi) is 3.70. The predicted octanol–water partition coefficient (Wildman–Crippen LogP) is 3.01. The summed E-state index contributed by atoms with van der Waals surface area (Å²) < 4.78 is 0. The third-order valence-corrected chi connectivity index (χ3v) is 4.68. The molecule has 0 spiro atoms. The van der Waals surface area contributed by atoms with Crippen molar-refractivity contribution in [2.75, 3.05) is 16.8 Å². The molecule has 0 amide bonds. The molecule has 1 N–H and O–H groups in total. The molecule has 1 saturated heterocycles. The second-order valence-electron chi connectivity index (χ2n) is 3.54. The van der Waals surface area contributed by atoms with Gasteiger partial charge in [0.25, 0.3) is 0 Å². The standard InChI is InChI=1S/C10H16N2S2/c1-2-9-6-11-10(14-9)12-8-4-3-5-13-7-8/h6,8H,2-5,7H2,1H3,(H,11,12). The van der Waals surface area contributed by atoms with E-state index in [4.69, 9.17) is 0 Å². The van der Waals surface area contributed by atoms with E-state index in [-0.39, 0.29) is 0 Å². The van der Waals surface area contributed by atoms with Crippen molar-refractivity contribution in [1.82, 2.24) is 4.98 Å². The topological polar surface area (TPSA) is 24.9 Å². The molecule has 1 aromatic rings. The molecule has 2 rings (SSSR count). The van der Waals surface area contributed by atoms with Crippen molar-refractivity contribution in [1.29, 1.82) is 0 Å². The third kappa shape index (κ3) is 2.64. The van der Waals surface area contributed by atoms with Gasteiger partial charge in [-0.2, -0.15) is 11.8 Å². The fourth-order valence-electron chi connectivity index (χ4n) is 1.57. The maximum atomic E-state index is 4.38. The summed E-state index contributed by atoms with van der Waals surface area (Å²) in [5.41, 5.74) is 0.